The first-order valence-electron chi connectivity index (χ1n) is 9.78. The normalized spacial score (nSPS) is 30.6. The summed E-state index contributed by atoms with van der Waals surface area (Å²) < 4.78 is 0. The van der Waals surface area contributed by atoms with E-state index in [-0.39, 0.29) is 24.1 Å². The Hall–Kier alpha value is -2.25. The lowest BCUT2D eigenvalue weighted by Gasteiger charge is -2.29. The lowest BCUT2D eigenvalue weighted by atomic mass is 10.0. The van der Waals surface area contributed by atoms with Crippen LogP contribution in [-0.2, 0) is 22.7 Å². The molecule has 1 aromatic rings. The summed E-state index contributed by atoms with van der Waals surface area (Å²) in [5, 5.41) is 5.81. The quantitative estimate of drug-likeness (QED) is 0.740. The van der Waals surface area contributed by atoms with Gasteiger partial charge in [0, 0.05) is 38.2 Å². The number of likely N-dealkylation sites (tertiary alicyclic amines) is 1. The monoisotopic (exact) mass is 368 g/mol. The molecular weight excluding hydrogens is 344 g/mol. The van der Waals surface area contributed by atoms with Crippen LogP contribution in [0.4, 0.5) is 0 Å². The van der Waals surface area contributed by atoms with Gasteiger partial charge in [-0.2, -0.15) is 0 Å². The van der Waals surface area contributed by atoms with E-state index in [0.717, 1.165) is 55.7 Å². The van der Waals surface area contributed by atoms with Crippen molar-refractivity contribution in [3.63, 3.8) is 0 Å². The van der Waals surface area contributed by atoms with Gasteiger partial charge in [-0.15, -0.1) is 0 Å². The minimum atomic E-state index is -0.545. The Morgan fingerprint density at radius 2 is 1.85 bits per heavy atom. The van der Waals surface area contributed by atoms with Crippen LogP contribution in [0.2, 0.25) is 0 Å². The van der Waals surface area contributed by atoms with E-state index in [1.54, 1.807) is 4.90 Å². The number of imide groups is 1. The van der Waals surface area contributed by atoms with Crippen molar-refractivity contribution in [2.45, 2.75) is 32.0 Å². The van der Waals surface area contributed by atoms with Crippen LogP contribution in [-0.4, -0.2) is 59.7 Å². The van der Waals surface area contributed by atoms with Crippen LogP contribution in [0.1, 0.15) is 34.3 Å². The van der Waals surface area contributed by atoms with Gasteiger partial charge in [-0.3, -0.25) is 24.6 Å². The molecule has 3 amide bonds. The Morgan fingerprint density at radius 3 is 2.59 bits per heavy atom. The van der Waals surface area contributed by atoms with Gasteiger partial charge < -0.3 is 10.2 Å². The Morgan fingerprint density at radius 1 is 1.07 bits per heavy atom. The molecule has 5 rings (SSSR count). The molecule has 0 radical (unpaired) electrons. The van der Waals surface area contributed by atoms with E-state index in [4.69, 9.17) is 0 Å². The van der Waals surface area contributed by atoms with Crippen molar-refractivity contribution in [2.75, 3.05) is 26.2 Å². The first-order valence-corrected chi connectivity index (χ1v) is 9.78. The predicted molar refractivity (Wildman–Crippen MR) is 97.6 cm³/mol. The number of nitrogens with one attached hydrogen (secondary N) is 2. The van der Waals surface area contributed by atoms with Crippen LogP contribution in [0.5, 0.6) is 0 Å². The van der Waals surface area contributed by atoms with Crippen LogP contribution < -0.4 is 10.6 Å². The van der Waals surface area contributed by atoms with Crippen LogP contribution >= 0.6 is 0 Å². The summed E-state index contributed by atoms with van der Waals surface area (Å²) in [5.41, 5.74) is 2.83. The molecule has 7 nitrogen and oxygen atoms in total. The molecule has 27 heavy (non-hydrogen) atoms. The lowest BCUT2D eigenvalue weighted by molar-refractivity contribution is -0.136. The number of nitrogens with zero attached hydrogens (tertiary/aromatic N) is 2. The van der Waals surface area contributed by atoms with E-state index in [9.17, 15) is 14.4 Å². The average Bonchev–Trinajstić information content (AvgIpc) is 3.30. The van der Waals surface area contributed by atoms with E-state index in [2.05, 4.69) is 21.6 Å². The molecule has 0 bridgehead atoms. The number of piperidine rings is 1. The molecule has 0 aliphatic carbocycles. The minimum absolute atomic E-state index is 0.0937. The fourth-order valence-electron chi connectivity index (χ4n) is 5.04. The Kier molecular flexibility index (Phi) is 4.02. The first kappa shape index (κ1) is 16.9. The van der Waals surface area contributed by atoms with E-state index < -0.39 is 6.04 Å². The molecule has 2 N–H and O–H groups in total. The number of fused-ring (bicyclic) bond motifs is 2. The second-order valence-corrected chi connectivity index (χ2v) is 8.26. The van der Waals surface area contributed by atoms with Gasteiger partial charge >= 0.3 is 0 Å². The number of rotatable bonds is 3. The largest absolute Gasteiger partial charge is 0.322 e. The molecule has 4 aliphatic heterocycles. The van der Waals surface area contributed by atoms with Crippen molar-refractivity contribution in [1.29, 1.82) is 0 Å². The molecule has 4 heterocycles. The molecule has 0 saturated carbocycles. The molecule has 3 saturated heterocycles. The summed E-state index contributed by atoms with van der Waals surface area (Å²) in [4.78, 5) is 40.5. The summed E-state index contributed by atoms with van der Waals surface area (Å²) in [6.45, 7) is 5.78. The van der Waals surface area contributed by atoms with Crippen LogP contribution in [0.3, 0.4) is 0 Å². The summed E-state index contributed by atoms with van der Waals surface area (Å²) in [5.74, 6) is 0.801. The molecule has 142 valence electrons. The zero-order valence-electron chi connectivity index (χ0n) is 15.2. The lowest BCUT2D eigenvalue weighted by Crippen LogP contribution is -2.52. The van der Waals surface area contributed by atoms with Crippen molar-refractivity contribution in [3.05, 3.63) is 34.9 Å². The SMILES string of the molecule is O=C1CCC(N2Cc3ccc(CN4C[C@H]5CNC[C@H]5C4)cc3C2=O)C(=O)N1. The topological polar surface area (TPSA) is 81.8 Å². The fraction of sp³-hybridized carbons (Fsp3) is 0.550. The van der Waals surface area contributed by atoms with Crippen LogP contribution in [0.15, 0.2) is 18.2 Å². The van der Waals surface area contributed by atoms with Gasteiger partial charge in [-0.1, -0.05) is 12.1 Å². The number of carbonyl (C=O) groups excluding carboxylic acids is 3. The molecular formula is C20H24N4O3. The maximum Gasteiger partial charge on any atom is 0.255 e. The van der Waals surface area contributed by atoms with Gasteiger partial charge in [0.15, 0.2) is 0 Å². The van der Waals surface area contributed by atoms with Crippen LogP contribution in [0.25, 0.3) is 0 Å². The third-order valence-corrected chi connectivity index (χ3v) is 6.46. The Bertz CT molecular complexity index is 811. The standard InChI is InChI=1S/C20H24N4O3/c25-18-4-3-17(19(26)22-18)24-11-13-2-1-12(5-16(13)20(24)27)8-23-9-14-6-21-7-15(14)10-23/h1-2,5,14-15,17,21H,3-4,6-11H2,(H,22,25,26)/t14-,15+,17?. The highest BCUT2D eigenvalue weighted by Gasteiger charge is 2.39. The van der Waals surface area contributed by atoms with Gasteiger partial charge in [-0.25, -0.2) is 0 Å². The maximum absolute atomic E-state index is 12.9. The van der Waals surface area contributed by atoms with Crippen molar-refractivity contribution in [2.24, 2.45) is 11.8 Å². The molecule has 4 aliphatic rings. The van der Waals surface area contributed by atoms with E-state index >= 15 is 0 Å². The van der Waals surface area contributed by atoms with Gasteiger partial charge in [0.25, 0.3) is 5.91 Å². The first-order chi connectivity index (χ1) is 13.1. The second-order valence-electron chi connectivity index (χ2n) is 8.26. The molecule has 3 fully saturated rings. The van der Waals surface area contributed by atoms with Crippen molar-refractivity contribution in [3.8, 4) is 0 Å². The van der Waals surface area contributed by atoms with Gasteiger partial charge in [-0.05, 0) is 48.5 Å². The zero-order valence-corrected chi connectivity index (χ0v) is 15.2. The van der Waals surface area contributed by atoms with Crippen molar-refractivity contribution < 1.29 is 14.4 Å². The van der Waals surface area contributed by atoms with Crippen LogP contribution in [0, 0.1) is 11.8 Å². The fourth-order valence-corrected chi connectivity index (χ4v) is 5.04. The number of amides is 3. The number of hydrogen-bond donors (Lipinski definition) is 2. The summed E-state index contributed by atoms with van der Waals surface area (Å²) in [6.07, 6.45) is 0.690. The second kappa shape index (κ2) is 6.42. The number of benzene rings is 1. The van der Waals surface area contributed by atoms with Gasteiger partial charge in [0.1, 0.15) is 6.04 Å². The Labute approximate surface area is 158 Å². The highest BCUT2D eigenvalue weighted by Crippen LogP contribution is 2.30. The van der Waals surface area contributed by atoms with E-state index in [0.29, 0.717) is 18.5 Å². The smallest absolute Gasteiger partial charge is 0.255 e. The number of carbonyl (C=O) groups is 3. The zero-order chi connectivity index (χ0) is 18.5. The van der Waals surface area contributed by atoms with Gasteiger partial charge in [0.2, 0.25) is 11.8 Å². The third kappa shape index (κ3) is 2.95. The molecule has 7 heteroatoms. The summed E-state index contributed by atoms with van der Waals surface area (Å²) in [7, 11) is 0. The molecule has 1 aromatic carbocycles. The molecule has 3 atom stereocenters. The molecule has 0 spiro atoms. The summed E-state index contributed by atoms with van der Waals surface area (Å²) in [6, 6.07) is 5.58. The molecule has 1 unspecified atom stereocenters. The maximum atomic E-state index is 12.9. The number of hydrogen-bond acceptors (Lipinski definition) is 5. The third-order valence-electron chi connectivity index (χ3n) is 6.46. The molecule has 0 aromatic heterocycles. The van der Waals surface area contributed by atoms with Crippen molar-refractivity contribution in [1.82, 2.24) is 20.4 Å². The Balaban J connectivity index is 1.29. The van der Waals surface area contributed by atoms with E-state index in [1.165, 1.54) is 0 Å². The highest BCUT2D eigenvalue weighted by atomic mass is 16.2. The van der Waals surface area contributed by atoms with Gasteiger partial charge in [0.05, 0.1) is 0 Å². The minimum Gasteiger partial charge on any atom is -0.322 e. The van der Waals surface area contributed by atoms with E-state index in [1.807, 2.05) is 12.1 Å². The van der Waals surface area contributed by atoms with Crippen molar-refractivity contribution >= 4 is 17.7 Å². The summed E-state index contributed by atoms with van der Waals surface area (Å²) >= 11 is 0. The average molecular weight is 368 g/mol. The highest BCUT2D eigenvalue weighted by molar-refractivity contribution is 6.05. The predicted octanol–water partition coefficient (Wildman–Crippen LogP) is 0.0988.